The molecule has 0 saturated carbocycles. The van der Waals surface area contributed by atoms with Crippen molar-refractivity contribution >= 4 is 54.8 Å². The van der Waals surface area contributed by atoms with Crippen molar-refractivity contribution in [2.45, 2.75) is 91.3 Å². The van der Waals surface area contributed by atoms with Crippen LogP contribution in [0.15, 0.2) is 42.5 Å². The molecule has 3 atom stereocenters. The van der Waals surface area contributed by atoms with E-state index in [1.807, 2.05) is 32.1 Å². The molecule has 1 fully saturated rings. The van der Waals surface area contributed by atoms with E-state index in [1.165, 1.54) is 49.5 Å². The van der Waals surface area contributed by atoms with E-state index in [4.69, 9.17) is 14.7 Å². The molecular formula is C33H42N4O2S2. The Kier molecular flexibility index (Phi) is 8.83. The number of amides is 1. The van der Waals surface area contributed by atoms with Gasteiger partial charge in [-0.25, -0.2) is 14.8 Å². The van der Waals surface area contributed by atoms with E-state index in [9.17, 15) is 4.79 Å². The number of hydrogen-bond acceptors (Lipinski definition) is 7. The van der Waals surface area contributed by atoms with Crippen LogP contribution in [0, 0.1) is 13.8 Å². The summed E-state index contributed by atoms with van der Waals surface area (Å²) >= 11 is 3.61. The molecule has 2 aromatic carbocycles. The SMILES string of the molecule is Cc1cccc2sc(C3=CCN(C(=O)OC(C)(C)C)C(C)C3)nc12.Cc1cccc2sc([C@@H]3CCN[C@@H](C)C3)nc12. The number of nitrogens with one attached hydrogen (secondary N) is 1. The number of nitrogens with zero attached hydrogens (tertiary/aromatic N) is 3. The summed E-state index contributed by atoms with van der Waals surface area (Å²) in [4.78, 5) is 23.8. The molecule has 2 aromatic heterocycles. The van der Waals surface area contributed by atoms with E-state index in [0.29, 0.717) is 18.5 Å². The highest BCUT2D eigenvalue weighted by Crippen LogP contribution is 2.35. The molecule has 6 nitrogen and oxygen atoms in total. The normalized spacial score (nSPS) is 21.4. The number of benzene rings is 2. The lowest BCUT2D eigenvalue weighted by molar-refractivity contribution is 0.0199. The largest absolute Gasteiger partial charge is 0.444 e. The Hall–Kier alpha value is -2.81. The van der Waals surface area contributed by atoms with Gasteiger partial charge in [-0.2, -0.15) is 0 Å². The lowest BCUT2D eigenvalue weighted by Crippen LogP contribution is -2.44. The molecule has 2 aliphatic rings. The highest BCUT2D eigenvalue weighted by atomic mass is 32.1. The van der Waals surface area contributed by atoms with Crippen molar-refractivity contribution in [2.75, 3.05) is 13.1 Å². The predicted molar refractivity (Wildman–Crippen MR) is 173 cm³/mol. The standard InChI is InChI=1S/C19H24N2O2S.C14H18N2S/c1-12-7-6-8-15-16(12)20-17(24-15)14-9-10-21(13(2)11-14)18(22)23-19(3,4)5;1-9-4-3-5-12-13(9)16-14(17-12)11-6-7-15-10(2)8-11/h6-9,13H,10-11H2,1-5H3;3-5,10-11,15H,6-8H2,1-2H3/t;10-,11+/m.0/s1. The van der Waals surface area contributed by atoms with Crippen LogP contribution in [0.4, 0.5) is 4.79 Å². The van der Waals surface area contributed by atoms with Gasteiger partial charge in [-0.1, -0.05) is 30.3 Å². The molecule has 1 amide bonds. The number of carbonyl (C=O) groups is 1. The quantitative estimate of drug-likeness (QED) is 0.254. The number of thiazole rings is 2. The van der Waals surface area contributed by atoms with Gasteiger partial charge in [-0.15, -0.1) is 22.7 Å². The Bertz CT molecular complexity index is 1560. The Labute approximate surface area is 251 Å². The van der Waals surface area contributed by atoms with Crippen LogP contribution in [0.1, 0.15) is 80.9 Å². The molecule has 0 aliphatic carbocycles. The first kappa shape index (κ1) is 29.7. The highest BCUT2D eigenvalue weighted by Gasteiger charge is 2.29. The number of aromatic nitrogens is 2. The summed E-state index contributed by atoms with van der Waals surface area (Å²) in [5.41, 5.74) is 5.55. The van der Waals surface area contributed by atoms with Gasteiger partial charge in [0.15, 0.2) is 0 Å². The van der Waals surface area contributed by atoms with Gasteiger partial charge in [0, 0.05) is 24.5 Å². The van der Waals surface area contributed by atoms with Crippen LogP contribution in [0.5, 0.6) is 0 Å². The van der Waals surface area contributed by atoms with Crippen molar-refractivity contribution in [1.29, 1.82) is 0 Å². The van der Waals surface area contributed by atoms with E-state index < -0.39 is 5.60 Å². The number of carbonyl (C=O) groups excluding carboxylic acids is 1. The fraction of sp³-hybridized carbons (Fsp3) is 0.485. The lowest BCUT2D eigenvalue weighted by atomic mass is 9.94. The third kappa shape index (κ3) is 6.99. The highest BCUT2D eigenvalue weighted by molar-refractivity contribution is 7.19. The number of para-hydroxylation sites is 2. The second-order valence-corrected chi connectivity index (χ2v) is 14.5. The van der Waals surface area contributed by atoms with Gasteiger partial charge in [0.2, 0.25) is 0 Å². The number of ether oxygens (including phenoxy) is 1. The first-order chi connectivity index (χ1) is 19.5. The number of rotatable bonds is 2. The summed E-state index contributed by atoms with van der Waals surface area (Å²) in [5, 5.41) is 5.90. The average Bonchev–Trinajstić information content (AvgIpc) is 3.55. The summed E-state index contributed by atoms with van der Waals surface area (Å²) in [6.07, 6.45) is 5.11. The average molecular weight is 591 g/mol. The van der Waals surface area contributed by atoms with E-state index in [1.54, 1.807) is 16.2 Å². The fourth-order valence-corrected chi connectivity index (χ4v) is 7.79. The monoisotopic (exact) mass is 590 g/mol. The third-order valence-corrected chi connectivity index (χ3v) is 9.99. The molecule has 8 heteroatoms. The minimum Gasteiger partial charge on any atom is -0.444 e. The molecule has 2 aliphatic heterocycles. The number of fused-ring (bicyclic) bond motifs is 2. The molecule has 0 spiro atoms. The van der Waals surface area contributed by atoms with Gasteiger partial charge in [-0.05, 0) is 103 Å². The van der Waals surface area contributed by atoms with Gasteiger partial charge >= 0.3 is 6.09 Å². The molecule has 1 N–H and O–H groups in total. The maximum atomic E-state index is 12.3. The summed E-state index contributed by atoms with van der Waals surface area (Å²) in [6.45, 7) is 15.9. The zero-order valence-electron chi connectivity index (χ0n) is 25.3. The smallest absolute Gasteiger partial charge is 0.410 e. The molecule has 218 valence electrons. The first-order valence-corrected chi connectivity index (χ1v) is 16.3. The maximum absolute atomic E-state index is 12.3. The molecular weight excluding hydrogens is 549 g/mol. The van der Waals surface area contributed by atoms with Crippen LogP contribution in [-0.2, 0) is 4.74 Å². The summed E-state index contributed by atoms with van der Waals surface area (Å²) in [6, 6.07) is 13.5. The molecule has 4 aromatic rings. The number of hydrogen-bond donors (Lipinski definition) is 1. The van der Waals surface area contributed by atoms with Crippen LogP contribution in [0.25, 0.3) is 26.0 Å². The molecule has 6 rings (SSSR count). The maximum Gasteiger partial charge on any atom is 0.410 e. The van der Waals surface area contributed by atoms with Crippen molar-refractivity contribution in [1.82, 2.24) is 20.2 Å². The number of aryl methyl sites for hydroxylation is 2. The predicted octanol–water partition coefficient (Wildman–Crippen LogP) is 8.48. The Morgan fingerprint density at radius 2 is 1.66 bits per heavy atom. The molecule has 0 radical (unpaired) electrons. The zero-order valence-corrected chi connectivity index (χ0v) is 26.9. The van der Waals surface area contributed by atoms with Crippen molar-refractivity contribution in [3.8, 4) is 0 Å². The van der Waals surface area contributed by atoms with Crippen molar-refractivity contribution in [3.63, 3.8) is 0 Å². The Morgan fingerprint density at radius 1 is 1.00 bits per heavy atom. The molecule has 1 unspecified atom stereocenters. The topological polar surface area (TPSA) is 67.4 Å². The van der Waals surface area contributed by atoms with Gasteiger partial charge in [0.1, 0.15) is 10.6 Å². The van der Waals surface area contributed by atoms with Crippen LogP contribution in [0.3, 0.4) is 0 Å². The fourth-order valence-electron chi connectivity index (χ4n) is 5.51. The van der Waals surface area contributed by atoms with E-state index in [0.717, 1.165) is 23.5 Å². The molecule has 41 heavy (non-hydrogen) atoms. The minimum absolute atomic E-state index is 0.105. The van der Waals surface area contributed by atoms with Gasteiger partial charge in [0.05, 0.1) is 25.4 Å². The molecule has 4 heterocycles. The Balaban J connectivity index is 0.000000174. The summed E-state index contributed by atoms with van der Waals surface area (Å²) in [5.74, 6) is 0.656. The van der Waals surface area contributed by atoms with Crippen LogP contribution < -0.4 is 5.32 Å². The molecule has 0 bridgehead atoms. The van der Waals surface area contributed by atoms with Crippen LogP contribution in [-0.4, -0.2) is 51.7 Å². The van der Waals surface area contributed by atoms with Gasteiger partial charge < -0.3 is 15.0 Å². The van der Waals surface area contributed by atoms with E-state index >= 15 is 0 Å². The van der Waals surface area contributed by atoms with Gasteiger partial charge in [0.25, 0.3) is 0 Å². The van der Waals surface area contributed by atoms with E-state index in [2.05, 4.69) is 75.5 Å². The summed E-state index contributed by atoms with van der Waals surface area (Å²) in [7, 11) is 0. The number of piperidine rings is 1. The van der Waals surface area contributed by atoms with Crippen molar-refractivity contribution in [3.05, 3.63) is 63.6 Å². The van der Waals surface area contributed by atoms with Crippen LogP contribution >= 0.6 is 22.7 Å². The van der Waals surface area contributed by atoms with E-state index in [-0.39, 0.29) is 12.1 Å². The molecule has 1 saturated heterocycles. The lowest BCUT2D eigenvalue weighted by Gasteiger charge is -2.34. The minimum atomic E-state index is -0.467. The van der Waals surface area contributed by atoms with Crippen molar-refractivity contribution < 1.29 is 9.53 Å². The first-order valence-electron chi connectivity index (χ1n) is 14.6. The van der Waals surface area contributed by atoms with Crippen LogP contribution in [0.2, 0.25) is 0 Å². The van der Waals surface area contributed by atoms with Gasteiger partial charge in [-0.3, -0.25) is 0 Å². The zero-order chi connectivity index (χ0) is 29.3. The second kappa shape index (κ2) is 12.2. The third-order valence-electron chi connectivity index (χ3n) is 7.72. The van der Waals surface area contributed by atoms with Crippen molar-refractivity contribution in [2.24, 2.45) is 0 Å². The second-order valence-electron chi connectivity index (χ2n) is 12.4. The Morgan fingerprint density at radius 3 is 2.24 bits per heavy atom. The summed E-state index contributed by atoms with van der Waals surface area (Å²) < 4.78 is 8.05.